The zero-order valence-corrected chi connectivity index (χ0v) is 7.08. The lowest BCUT2D eigenvalue weighted by Crippen LogP contribution is -2.17. The van der Waals surface area contributed by atoms with E-state index in [9.17, 15) is 9.18 Å². The molecule has 70 valence electrons. The number of amides is 1. The Hall–Kier alpha value is -1.49. The molecular formula is C8H9FN2O2. The molecule has 1 heterocycles. The topological polar surface area (TPSA) is 51.2 Å². The maximum Gasteiger partial charge on any atom is 0.250 e. The summed E-state index contributed by atoms with van der Waals surface area (Å²) in [6, 6.07) is 2.60. The SMILES string of the molecule is COCC(=O)Nc1ccc(F)nc1. The Kier molecular flexibility index (Phi) is 3.33. The van der Waals surface area contributed by atoms with E-state index in [1.54, 1.807) is 0 Å². The van der Waals surface area contributed by atoms with Gasteiger partial charge in [0.25, 0.3) is 0 Å². The summed E-state index contributed by atoms with van der Waals surface area (Å²) in [6.07, 6.45) is 1.24. The zero-order valence-electron chi connectivity index (χ0n) is 7.08. The second kappa shape index (κ2) is 4.51. The number of anilines is 1. The molecule has 0 atom stereocenters. The summed E-state index contributed by atoms with van der Waals surface area (Å²) in [5, 5.41) is 2.48. The molecule has 4 nitrogen and oxygen atoms in total. The van der Waals surface area contributed by atoms with E-state index in [0.29, 0.717) is 5.69 Å². The van der Waals surface area contributed by atoms with Gasteiger partial charge in [-0.15, -0.1) is 0 Å². The average molecular weight is 184 g/mol. The van der Waals surface area contributed by atoms with Gasteiger partial charge >= 0.3 is 0 Å². The smallest absolute Gasteiger partial charge is 0.250 e. The number of nitrogens with one attached hydrogen (secondary N) is 1. The molecule has 0 radical (unpaired) electrons. The Bertz CT molecular complexity index is 287. The number of carbonyl (C=O) groups excluding carboxylic acids is 1. The molecule has 0 aliphatic heterocycles. The number of aromatic nitrogens is 1. The van der Waals surface area contributed by atoms with Crippen LogP contribution in [0.2, 0.25) is 0 Å². The molecule has 1 rings (SSSR count). The van der Waals surface area contributed by atoms with Crippen molar-refractivity contribution in [2.24, 2.45) is 0 Å². The van der Waals surface area contributed by atoms with Crippen LogP contribution in [0.1, 0.15) is 0 Å². The van der Waals surface area contributed by atoms with Gasteiger partial charge in [0.2, 0.25) is 11.9 Å². The number of halogens is 1. The van der Waals surface area contributed by atoms with Gasteiger partial charge in [0.15, 0.2) is 0 Å². The lowest BCUT2D eigenvalue weighted by atomic mass is 10.4. The minimum atomic E-state index is -0.579. The minimum absolute atomic E-state index is 0.0304. The fourth-order valence-corrected chi connectivity index (χ4v) is 0.778. The van der Waals surface area contributed by atoms with Crippen LogP contribution in [-0.4, -0.2) is 24.6 Å². The van der Waals surface area contributed by atoms with Crippen LogP contribution in [0.3, 0.4) is 0 Å². The van der Waals surface area contributed by atoms with E-state index in [4.69, 9.17) is 0 Å². The number of nitrogens with zero attached hydrogens (tertiary/aromatic N) is 1. The van der Waals surface area contributed by atoms with Crippen LogP contribution in [0.4, 0.5) is 10.1 Å². The third-order valence-corrected chi connectivity index (χ3v) is 1.29. The second-order valence-electron chi connectivity index (χ2n) is 2.35. The number of hydrogen-bond acceptors (Lipinski definition) is 3. The van der Waals surface area contributed by atoms with Gasteiger partial charge < -0.3 is 10.1 Å². The highest BCUT2D eigenvalue weighted by molar-refractivity contribution is 5.91. The lowest BCUT2D eigenvalue weighted by Gasteiger charge is -2.02. The average Bonchev–Trinajstić information content (AvgIpc) is 2.09. The largest absolute Gasteiger partial charge is 0.375 e. The van der Waals surface area contributed by atoms with Crippen molar-refractivity contribution < 1.29 is 13.9 Å². The molecule has 0 saturated carbocycles. The molecule has 0 saturated heterocycles. The normalized spacial score (nSPS) is 9.69. The van der Waals surface area contributed by atoms with E-state index in [1.807, 2.05) is 0 Å². The van der Waals surface area contributed by atoms with Gasteiger partial charge in [0, 0.05) is 7.11 Å². The van der Waals surface area contributed by atoms with Crippen LogP contribution in [0.15, 0.2) is 18.3 Å². The van der Waals surface area contributed by atoms with E-state index < -0.39 is 5.95 Å². The first-order valence-corrected chi connectivity index (χ1v) is 3.62. The Labute approximate surface area is 74.7 Å². The fraction of sp³-hybridized carbons (Fsp3) is 0.250. The van der Waals surface area contributed by atoms with Crippen LogP contribution in [0.25, 0.3) is 0 Å². The van der Waals surface area contributed by atoms with Crippen LogP contribution in [0, 0.1) is 5.95 Å². The Morgan fingerprint density at radius 2 is 2.46 bits per heavy atom. The molecule has 0 fully saturated rings. The molecule has 1 amide bonds. The van der Waals surface area contributed by atoms with E-state index >= 15 is 0 Å². The van der Waals surface area contributed by atoms with Crippen molar-refractivity contribution in [3.8, 4) is 0 Å². The molecule has 13 heavy (non-hydrogen) atoms. The Balaban J connectivity index is 2.54. The highest BCUT2D eigenvalue weighted by Gasteiger charge is 2.00. The van der Waals surface area contributed by atoms with Crippen molar-refractivity contribution in [3.05, 3.63) is 24.3 Å². The van der Waals surface area contributed by atoms with Gasteiger partial charge in [-0.1, -0.05) is 0 Å². The third kappa shape index (κ3) is 3.16. The van der Waals surface area contributed by atoms with E-state index in [2.05, 4.69) is 15.0 Å². The van der Waals surface area contributed by atoms with Crippen molar-refractivity contribution in [1.29, 1.82) is 0 Å². The molecule has 1 aromatic heterocycles. The summed E-state index contributed by atoms with van der Waals surface area (Å²) in [5.74, 6) is -0.874. The molecule has 0 aliphatic rings. The first-order valence-electron chi connectivity index (χ1n) is 3.62. The highest BCUT2D eigenvalue weighted by atomic mass is 19.1. The molecule has 0 spiro atoms. The third-order valence-electron chi connectivity index (χ3n) is 1.29. The molecule has 0 bridgehead atoms. The van der Waals surface area contributed by atoms with E-state index in [1.165, 1.54) is 25.4 Å². The number of rotatable bonds is 3. The molecule has 0 aromatic carbocycles. The Morgan fingerprint density at radius 3 is 3.00 bits per heavy atom. The number of carbonyl (C=O) groups is 1. The highest BCUT2D eigenvalue weighted by Crippen LogP contribution is 2.04. The van der Waals surface area contributed by atoms with Crippen molar-refractivity contribution in [1.82, 2.24) is 4.98 Å². The second-order valence-corrected chi connectivity index (χ2v) is 2.35. The lowest BCUT2D eigenvalue weighted by molar-refractivity contribution is -0.119. The predicted octanol–water partition coefficient (Wildman–Crippen LogP) is 0.806. The number of pyridine rings is 1. The first kappa shape index (κ1) is 9.60. The summed E-state index contributed by atoms with van der Waals surface area (Å²) in [7, 11) is 1.42. The summed E-state index contributed by atoms with van der Waals surface area (Å²) < 4.78 is 16.9. The van der Waals surface area contributed by atoms with Crippen molar-refractivity contribution in [3.63, 3.8) is 0 Å². The van der Waals surface area contributed by atoms with Gasteiger partial charge in [0.05, 0.1) is 11.9 Å². The van der Waals surface area contributed by atoms with Gasteiger partial charge in [-0.2, -0.15) is 4.39 Å². The fourth-order valence-electron chi connectivity index (χ4n) is 0.778. The van der Waals surface area contributed by atoms with Gasteiger partial charge in [0.1, 0.15) is 6.61 Å². The zero-order chi connectivity index (χ0) is 9.68. The number of ether oxygens (including phenoxy) is 1. The van der Waals surface area contributed by atoms with Gasteiger partial charge in [-0.05, 0) is 12.1 Å². The molecule has 5 heteroatoms. The minimum Gasteiger partial charge on any atom is -0.375 e. The summed E-state index contributed by atoms with van der Waals surface area (Å²) in [5.41, 5.74) is 0.448. The van der Waals surface area contributed by atoms with Gasteiger partial charge in [-0.25, -0.2) is 4.98 Å². The molecule has 1 N–H and O–H groups in total. The molecule has 0 aliphatic carbocycles. The standard InChI is InChI=1S/C8H9FN2O2/c1-13-5-8(12)11-6-2-3-7(9)10-4-6/h2-4H,5H2,1H3,(H,11,12). The van der Waals surface area contributed by atoms with Crippen molar-refractivity contribution >= 4 is 11.6 Å². The van der Waals surface area contributed by atoms with E-state index in [0.717, 1.165) is 0 Å². The van der Waals surface area contributed by atoms with Crippen LogP contribution in [-0.2, 0) is 9.53 Å². The molecular weight excluding hydrogens is 175 g/mol. The Morgan fingerprint density at radius 1 is 1.69 bits per heavy atom. The molecule has 1 aromatic rings. The molecule has 0 unspecified atom stereocenters. The van der Waals surface area contributed by atoms with Crippen LogP contribution < -0.4 is 5.32 Å². The van der Waals surface area contributed by atoms with Crippen molar-refractivity contribution in [2.75, 3.05) is 19.0 Å². The summed E-state index contributed by atoms with van der Waals surface area (Å²) >= 11 is 0. The van der Waals surface area contributed by atoms with Crippen LogP contribution >= 0.6 is 0 Å². The van der Waals surface area contributed by atoms with Gasteiger partial charge in [-0.3, -0.25) is 4.79 Å². The number of hydrogen-bond donors (Lipinski definition) is 1. The summed E-state index contributed by atoms with van der Waals surface area (Å²) in [6.45, 7) is -0.0304. The van der Waals surface area contributed by atoms with Crippen LogP contribution in [0.5, 0.6) is 0 Å². The maximum atomic E-state index is 12.3. The predicted molar refractivity (Wildman–Crippen MR) is 44.7 cm³/mol. The maximum absolute atomic E-state index is 12.3. The quantitative estimate of drug-likeness (QED) is 0.707. The monoisotopic (exact) mass is 184 g/mol. The van der Waals surface area contributed by atoms with Crippen molar-refractivity contribution in [2.45, 2.75) is 0 Å². The van der Waals surface area contributed by atoms with E-state index in [-0.39, 0.29) is 12.5 Å². The number of methoxy groups -OCH3 is 1. The summed E-state index contributed by atoms with van der Waals surface area (Å²) in [4.78, 5) is 14.3. The first-order chi connectivity index (χ1) is 6.22.